The van der Waals surface area contributed by atoms with E-state index in [-0.39, 0.29) is 17.9 Å². The average Bonchev–Trinajstić information content (AvgIpc) is 3.26. The molecular weight excluding hydrogens is 430 g/mol. The first-order valence-corrected chi connectivity index (χ1v) is 12.4. The minimum atomic E-state index is -0.254. The third kappa shape index (κ3) is 4.47. The van der Waals surface area contributed by atoms with Crippen LogP contribution in [0.1, 0.15) is 61.4 Å². The fourth-order valence-electron chi connectivity index (χ4n) is 4.80. The van der Waals surface area contributed by atoms with Crippen LogP contribution < -0.4 is 0 Å². The van der Waals surface area contributed by atoms with Gasteiger partial charge in [-0.25, -0.2) is 4.99 Å². The summed E-state index contributed by atoms with van der Waals surface area (Å²) in [5.74, 6) is 0.367. The SMILES string of the molecule is CCOC(=O)Cn1c(C)c(C=Nc2sc3c(c2C#N)CC[C@H](C(C)(C)C)C3)c2ccccc21. The van der Waals surface area contributed by atoms with Gasteiger partial charge in [0, 0.05) is 33.3 Å². The van der Waals surface area contributed by atoms with Crippen molar-refractivity contribution >= 4 is 39.4 Å². The highest BCUT2D eigenvalue weighted by Gasteiger charge is 2.32. The molecule has 3 aromatic rings. The van der Waals surface area contributed by atoms with Gasteiger partial charge in [-0.2, -0.15) is 5.26 Å². The van der Waals surface area contributed by atoms with Crippen LogP contribution in [0.3, 0.4) is 0 Å². The first kappa shape index (κ1) is 23.3. The normalized spacial score (nSPS) is 16.2. The lowest BCUT2D eigenvalue weighted by Crippen LogP contribution is -2.26. The number of carbonyl (C=O) groups excluding carboxylic acids is 1. The molecule has 0 unspecified atom stereocenters. The van der Waals surface area contributed by atoms with Gasteiger partial charge in [0.1, 0.15) is 17.6 Å². The predicted octanol–water partition coefficient (Wildman–Crippen LogP) is 6.35. The van der Waals surface area contributed by atoms with E-state index in [1.807, 2.05) is 48.9 Å². The molecule has 0 spiro atoms. The Balaban J connectivity index is 1.72. The molecule has 4 rings (SSSR count). The van der Waals surface area contributed by atoms with Crippen LogP contribution in [0.25, 0.3) is 10.9 Å². The molecule has 6 heteroatoms. The van der Waals surface area contributed by atoms with Crippen molar-refractivity contribution in [2.24, 2.45) is 16.3 Å². The number of fused-ring (bicyclic) bond motifs is 2. The molecule has 1 aliphatic carbocycles. The minimum absolute atomic E-state index is 0.166. The quantitative estimate of drug-likeness (QED) is 0.328. The molecule has 1 aliphatic rings. The maximum atomic E-state index is 12.2. The van der Waals surface area contributed by atoms with Crippen LogP contribution in [0.4, 0.5) is 5.00 Å². The fourth-order valence-corrected chi connectivity index (χ4v) is 6.02. The van der Waals surface area contributed by atoms with Crippen molar-refractivity contribution in [3.8, 4) is 6.07 Å². The van der Waals surface area contributed by atoms with Gasteiger partial charge >= 0.3 is 5.97 Å². The van der Waals surface area contributed by atoms with E-state index < -0.39 is 0 Å². The second-order valence-electron chi connectivity index (χ2n) is 9.77. The van der Waals surface area contributed by atoms with Crippen molar-refractivity contribution in [3.05, 3.63) is 51.5 Å². The van der Waals surface area contributed by atoms with E-state index in [1.165, 1.54) is 10.4 Å². The number of aromatic nitrogens is 1. The monoisotopic (exact) mass is 461 g/mol. The van der Waals surface area contributed by atoms with E-state index in [0.29, 0.717) is 12.5 Å². The second kappa shape index (κ2) is 9.15. The summed E-state index contributed by atoms with van der Waals surface area (Å²) in [5.41, 5.74) is 5.08. The van der Waals surface area contributed by atoms with Crippen LogP contribution in [0, 0.1) is 29.6 Å². The molecule has 0 fully saturated rings. The predicted molar refractivity (Wildman–Crippen MR) is 135 cm³/mol. The number of nitriles is 1. The number of rotatable bonds is 5. The van der Waals surface area contributed by atoms with Crippen molar-refractivity contribution in [1.29, 1.82) is 5.26 Å². The van der Waals surface area contributed by atoms with Crippen molar-refractivity contribution in [2.75, 3.05) is 6.61 Å². The van der Waals surface area contributed by atoms with Crippen molar-refractivity contribution in [3.63, 3.8) is 0 Å². The third-order valence-electron chi connectivity index (χ3n) is 6.77. The topological polar surface area (TPSA) is 67.4 Å². The van der Waals surface area contributed by atoms with Gasteiger partial charge in [0.15, 0.2) is 0 Å². The molecule has 2 heterocycles. The molecule has 0 saturated heterocycles. The van der Waals surface area contributed by atoms with Crippen LogP contribution in [0.2, 0.25) is 0 Å². The lowest BCUT2D eigenvalue weighted by Gasteiger charge is -2.33. The summed E-state index contributed by atoms with van der Waals surface area (Å²) in [5, 5.41) is 11.7. The van der Waals surface area contributed by atoms with Gasteiger partial charge in [-0.3, -0.25) is 4.79 Å². The maximum Gasteiger partial charge on any atom is 0.325 e. The Morgan fingerprint density at radius 2 is 2.12 bits per heavy atom. The van der Waals surface area contributed by atoms with E-state index in [4.69, 9.17) is 9.73 Å². The van der Waals surface area contributed by atoms with Crippen molar-refractivity contribution < 1.29 is 9.53 Å². The smallest absolute Gasteiger partial charge is 0.325 e. The first-order chi connectivity index (χ1) is 15.7. The van der Waals surface area contributed by atoms with Crippen LogP contribution >= 0.6 is 11.3 Å². The van der Waals surface area contributed by atoms with Gasteiger partial charge in [0.2, 0.25) is 0 Å². The molecule has 33 heavy (non-hydrogen) atoms. The van der Waals surface area contributed by atoms with Crippen molar-refractivity contribution in [2.45, 2.75) is 60.4 Å². The summed E-state index contributed by atoms with van der Waals surface area (Å²) < 4.78 is 7.15. The molecule has 0 amide bonds. The Bertz CT molecular complexity index is 1270. The van der Waals surface area contributed by atoms with Gasteiger partial charge in [-0.1, -0.05) is 39.0 Å². The Hall–Kier alpha value is -2.91. The van der Waals surface area contributed by atoms with Gasteiger partial charge in [-0.15, -0.1) is 11.3 Å². The Kier molecular flexibility index (Phi) is 6.45. The molecular formula is C27H31N3O2S. The van der Waals surface area contributed by atoms with E-state index >= 15 is 0 Å². The van der Waals surface area contributed by atoms with Crippen LogP contribution in [-0.2, 0) is 28.9 Å². The highest BCUT2D eigenvalue weighted by molar-refractivity contribution is 7.16. The molecule has 1 atom stereocenters. The number of hydrogen-bond acceptors (Lipinski definition) is 5. The van der Waals surface area contributed by atoms with E-state index in [9.17, 15) is 10.1 Å². The number of benzene rings is 1. The molecule has 1 aromatic carbocycles. The Labute approximate surface area is 199 Å². The number of ether oxygens (including phenoxy) is 1. The van der Waals surface area contributed by atoms with Crippen molar-refractivity contribution in [1.82, 2.24) is 4.57 Å². The zero-order valence-electron chi connectivity index (χ0n) is 20.1. The zero-order valence-corrected chi connectivity index (χ0v) is 20.9. The first-order valence-electron chi connectivity index (χ1n) is 11.6. The second-order valence-corrected chi connectivity index (χ2v) is 10.9. The van der Waals surface area contributed by atoms with Gasteiger partial charge in [0.25, 0.3) is 0 Å². The Morgan fingerprint density at radius 1 is 1.36 bits per heavy atom. The summed E-state index contributed by atoms with van der Waals surface area (Å²) in [6.45, 7) is 11.2. The number of hydrogen-bond donors (Lipinski definition) is 0. The molecule has 0 saturated carbocycles. The molecule has 172 valence electrons. The fraction of sp³-hybridized carbons (Fsp3) is 0.444. The highest BCUT2D eigenvalue weighted by Crippen LogP contribution is 2.45. The number of carbonyl (C=O) groups is 1. The summed E-state index contributed by atoms with van der Waals surface area (Å²) in [4.78, 5) is 18.3. The summed E-state index contributed by atoms with van der Waals surface area (Å²) >= 11 is 1.66. The number of para-hydroxylation sites is 1. The third-order valence-corrected chi connectivity index (χ3v) is 7.93. The number of esters is 1. The van der Waals surface area contributed by atoms with E-state index in [2.05, 4.69) is 26.8 Å². The standard InChI is InChI=1S/C27H31N3O2S/c1-6-32-25(31)16-30-17(2)22(19-9-7-8-10-23(19)30)15-29-26-21(14-28)20-12-11-18(27(3,4)5)13-24(20)33-26/h7-10,15,18H,6,11-13,16H2,1-5H3/t18-/m0/s1. The van der Waals surface area contributed by atoms with Crippen LogP contribution in [0.5, 0.6) is 0 Å². The molecule has 2 aromatic heterocycles. The summed E-state index contributed by atoms with van der Waals surface area (Å²) in [6.07, 6.45) is 4.94. The zero-order chi connectivity index (χ0) is 23.8. The molecule has 5 nitrogen and oxygen atoms in total. The average molecular weight is 462 g/mol. The molecule has 0 bridgehead atoms. The summed E-state index contributed by atoms with van der Waals surface area (Å²) in [6, 6.07) is 10.4. The van der Waals surface area contributed by atoms with E-state index in [1.54, 1.807) is 11.3 Å². The number of nitrogens with zero attached hydrogens (tertiary/aromatic N) is 3. The lowest BCUT2D eigenvalue weighted by molar-refractivity contribution is -0.143. The molecule has 0 N–H and O–H groups in total. The lowest BCUT2D eigenvalue weighted by atomic mass is 9.72. The van der Waals surface area contributed by atoms with Crippen LogP contribution in [-0.4, -0.2) is 23.4 Å². The minimum Gasteiger partial charge on any atom is -0.465 e. The molecule has 0 radical (unpaired) electrons. The number of aliphatic imine (C=N–C) groups is 1. The maximum absolute atomic E-state index is 12.2. The largest absolute Gasteiger partial charge is 0.465 e. The highest BCUT2D eigenvalue weighted by atomic mass is 32.1. The van der Waals surface area contributed by atoms with Crippen LogP contribution in [0.15, 0.2) is 29.3 Å². The summed E-state index contributed by atoms with van der Waals surface area (Å²) in [7, 11) is 0. The molecule has 0 aliphatic heterocycles. The number of thiophene rings is 1. The van der Waals surface area contributed by atoms with Gasteiger partial charge in [-0.05, 0) is 56.1 Å². The van der Waals surface area contributed by atoms with E-state index in [0.717, 1.165) is 52.0 Å². The van der Waals surface area contributed by atoms with Gasteiger partial charge in [0.05, 0.1) is 12.2 Å². The Morgan fingerprint density at radius 3 is 2.82 bits per heavy atom. The van der Waals surface area contributed by atoms with Gasteiger partial charge < -0.3 is 9.30 Å².